The van der Waals surface area contributed by atoms with Crippen molar-refractivity contribution in [3.63, 3.8) is 0 Å². The summed E-state index contributed by atoms with van der Waals surface area (Å²) in [6, 6.07) is 4.39. The molecule has 188 valence electrons. The molecule has 3 heterocycles. The van der Waals surface area contributed by atoms with Crippen LogP contribution in [0.3, 0.4) is 0 Å². The monoisotopic (exact) mass is 525 g/mol. The normalized spacial score (nSPS) is 15.3. The molecule has 0 spiro atoms. The number of imidazole rings is 1. The van der Waals surface area contributed by atoms with E-state index in [0.29, 0.717) is 57.8 Å². The van der Waals surface area contributed by atoms with Gasteiger partial charge in [0.05, 0.1) is 21.8 Å². The van der Waals surface area contributed by atoms with Gasteiger partial charge in [0.15, 0.2) is 0 Å². The summed E-state index contributed by atoms with van der Waals surface area (Å²) >= 11 is 13.2. The predicted molar refractivity (Wildman–Crippen MR) is 132 cm³/mol. The van der Waals surface area contributed by atoms with E-state index in [9.17, 15) is 18.0 Å². The molecule has 1 aromatic carbocycles. The van der Waals surface area contributed by atoms with Crippen LogP contribution < -0.4 is 0 Å². The van der Waals surface area contributed by atoms with E-state index in [-0.39, 0.29) is 17.4 Å². The van der Waals surface area contributed by atoms with Gasteiger partial charge in [-0.05, 0) is 61.9 Å². The summed E-state index contributed by atoms with van der Waals surface area (Å²) in [6.07, 6.45) is 1.09. The molecular formula is C26H28Cl2F3N3O. The van der Waals surface area contributed by atoms with Gasteiger partial charge in [0, 0.05) is 36.4 Å². The van der Waals surface area contributed by atoms with Crippen LogP contribution in [0.4, 0.5) is 13.2 Å². The molecule has 0 radical (unpaired) electrons. The molecular weight excluding hydrogens is 498 g/mol. The van der Waals surface area contributed by atoms with Crippen LogP contribution in [0.2, 0.25) is 10.0 Å². The molecule has 1 saturated heterocycles. The van der Waals surface area contributed by atoms with Crippen molar-refractivity contribution < 1.29 is 18.0 Å². The molecule has 2 aromatic heterocycles. The van der Waals surface area contributed by atoms with Gasteiger partial charge in [0.25, 0.3) is 5.91 Å². The van der Waals surface area contributed by atoms with Crippen LogP contribution in [0, 0.1) is 19.8 Å². The van der Waals surface area contributed by atoms with E-state index in [1.54, 1.807) is 26.0 Å². The molecule has 1 amide bonds. The maximum atomic E-state index is 13.3. The van der Waals surface area contributed by atoms with Crippen LogP contribution in [0.15, 0.2) is 24.4 Å². The summed E-state index contributed by atoms with van der Waals surface area (Å²) in [7, 11) is 0. The van der Waals surface area contributed by atoms with Gasteiger partial charge in [0.1, 0.15) is 5.65 Å². The highest BCUT2D eigenvalue weighted by Gasteiger charge is 2.32. The van der Waals surface area contributed by atoms with Crippen molar-refractivity contribution in [2.75, 3.05) is 13.1 Å². The number of fused-ring (bicyclic) bond motifs is 1. The second-order valence-electron chi connectivity index (χ2n) is 9.34. The quantitative estimate of drug-likeness (QED) is 0.345. The number of amides is 1. The summed E-state index contributed by atoms with van der Waals surface area (Å²) in [4.78, 5) is 19.7. The Kier molecular flexibility index (Phi) is 7.39. The lowest BCUT2D eigenvalue weighted by atomic mass is 9.92. The highest BCUT2D eigenvalue weighted by molar-refractivity contribution is 6.38. The third-order valence-electron chi connectivity index (χ3n) is 6.93. The molecule has 4 nitrogen and oxygen atoms in total. The van der Waals surface area contributed by atoms with E-state index >= 15 is 0 Å². The van der Waals surface area contributed by atoms with Crippen molar-refractivity contribution in [3.8, 4) is 0 Å². The number of carbonyl (C=O) groups excluding carboxylic acids is 1. The fourth-order valence-electron chi connectivity index (χ4n) is 4.89. The Labute approximate surface area is 213 Å². The van der Waals surface area contributed by atoms with E-state index in [1.165, 1.54) is 10.8 Å². The zero-order valence-corrected chi connectivity index (χ0v) is 21.5. The lowest BCUT2D eigenvalue weighted by Crippen LogP contribution is -2.38. The second kappa shape index (κ2) is 10.0. The maximum absolute atomic E-state index is 13.3. The second-order valence-corrected chi connectivity index (χ2v) is 10.1. The lowest BCUT2D eigenvalue weighted by Gasteiger charge is -2.32. The molecule has 4 rings (SSSR count). The van der Waals surface area contributed by atoms with E-state index < -0.39 is 11.7 Å². The standard InChI is InChI=1S/C26H28Cl2F3N3O/c1-4-5-17-8-10-33(11-9-17)25(35)19-6-7-21(27)20(23(19)28)13-22-16(3)34-14-18(26(29,30)31)12-15(2)24(34)32-22/h6-7,12,14,17H,4-5,8-11,13H2,1-3H3. The van der Waals surface area contributed by atoms with E-state index in [0.717, 1.165) is 31.5 Å². The van der Waals surface area contributed by atoms with Crippen LogP contribution in [0.5, 0.6) is 0 Å². The number of aromatic nitrogens is 2. The van der Waals surface area contributed by atoms with E-state index in [1.807, 2.05) is 4.90 Å². The van der Waals surface area contributed by atoms with Crippen molar-refractivity contribution in [3.05, 3.63) is 68.1 Å². The summed E-state index contributed by atoms with van der Waals surface area (Å²) < 4.78 is 41.4. The molecule has 0 atom stereocenters. The highest BCUT2D eigenvalue weighted by atomic mass is 35.5. The number of hydrogen-bond donors (Lipinski definition) is 0. The molecule has 3 aromatic rings. The fourth-order valence-corrected chi connectivity index (χ4v) is 5.47. The molecule has 1 fully saturated rings. The first kappa shape index (κ1) is 25.8. The molecule has 0 bridgehead atoms. The van der Waals surface area contributed by atoms with Crippen molar-refractivity contribution in [1.82, 2.24) is 14.3 Å². The number of likely N-dealkylation sites (tertiary alicyclic amines) is 1. The van der Waals surface area contributed by atoms with Gasteiger partial charge in [-0.15, -0.1) is 0 Å². The van der Waals surface area contributed by atoms with Crippen molar-refractivity contribution in [2.45, 2.75) is 59.1 Å². The summed E-state index contributed by atoms with van der Waals surface area (Å²) in [5, 5.41) is 0.653. The Morgan fingerprint density at radius 2 is 1.86 bits per heavy atom. The molecule has 0 unspecified atom stereocenters. The van der Waals surface area contributed by atoms with E-state index in [2.05, 4.69) is 11.9 Å². The molecule has 35 heavy (non-hydrogen) atoms. The first-order valence-electron chi connectivity index (χ1n) is 11.8. The number of rotatable bonds is 5. The highest BCUT2D eigenvalue weighted by Crippen LogP contribution is 2.34. The largest absolute Gasteiger partial charge is 0.417 e. The van der Waals surface area contributed by atoms with Gasteiger partial charge in [-0.2, -0.15) is 13.2 Å². The van der Waals surface area contributed by atoms with Crippen molar-refractivity contribution in [2.24, 2.45) is 5.92 Å². The minimum atomic E-state index is -4.46. The number of carbonyl (C=O) groups is 1. The molecule has 0 saturated carbocycles. The third kappa shape index (κ3) is 5.17. The minimum absolute atomic E-state index is 0.125. The van der Waals surface area contributed by atoms with Crippen LogP contribution >= 0.6 is 23.2 Å². The third-order valence-corrected chi connectivity index (χ3v) is 7.71. The Hall–Kier alpha value is -2.25. The topological polar surface area (TPSA) is 37.6 Å². The number of nitrogens with zero attached hydrogens (tertiary/aromatic N) is 3. The number of piperidine rings is 1. The Bertz CT molecular complexity index is 1260. The molecule has 9 heteroatoms. The Morgan fingerprint density at radius 1 is 1.17 bits per heavy atom. The Balaban J connectivity index is 1.64. The summed E-state index contributed by atoms with van der Waals surface area (Å²) in [5.74, 6) is 0.528. The predicted octanol–water partition coefficient (Wildman–Crippen LogP) is 7.52. The van der Waals surface area contributed by atoms with Crippen LogP contribution in [0.1, 0.15) is 71.0 Å². The summed E-state index contributed by atoms with van der Waals surface area (Å²) in [6.45, 7) is 6.89. The first-order valence-corrected chi connectivity index (χ1v) is 12.6. The van der Waals surface area contributed by atoms with Gasteiger partial charge in [0.2, 0.25) is 0 Å². The number of pyridine rings is 1. The van der Waals surface area contributed by atoms with Crippen molar-refractivity contribution in [1.29, 1.82) is 0 Å². The van der Waals surface area contributed by atoms with Crippen LogP contribution in [-0.2, 0) is 12.6 Å². The fraction of sp³-hybridized carbons (Fsp3) is 0.462. The number of alkyl halides is 3. The van der Waals surface area contributed by atoms with E-state index in [4.69, 9.17) is 23.2 Å². The maximum Gasteiger partial charge on any atom is 0.417 e. The number of halogens is 5. The number of benzene rings is 1. The Morgan fingerprint density at radius 3 is 2.49 bits per heavy atom. The molecule has 1 aliphatic heterocycles. The molecule has 0 aliphatic carbocycles. The van der Waals surface area contributed by atoms with Gasteiger partial charge in [-0.3, -0.25) is 4.79 Å². The number of hydrogen-bond acceptors (Lipinski definition) is 2. The smallest absolute Gasteiger partial charge is 0.339 e. The average molecular weight is 526 g/mol. The SMILES string of the molecule is CCCC1CCN(C(=O)c2ccc(Cl)c(Cc3nc4c(C)cc(C(F)(F)F)cn4c3C)c2Cl)CC1. The van der Waals surface area contributed by atoms with Gasteiger partial charge in [-0.1, -0.05) is 43.0 Å². The average Bonchev–Trinajstić information content (AvgIpc) is 3.12. The zero-order valence-electron chi connectivity index (χ0n) is 20.0. The lowest BCUT2D eigenvalue weighted by molar-refractivity contribution is -0.137. The zero-order chi connectivity index (χ0) is 25.5. The van der Waals surface area contributed by atoms with Gasteiger partial charge >= 0.3 is 6.18 Å². The van der Waals surface area contributed by atoms with Gasteiger partial charge in [-0.25, -0.2) is 4.98 Å². The van der Waals surface area contributed by atoms with Crippen LogP contribution in [0.25, 0.3) is 5.65 Å². The molecule has 1 aliphatic rings. The number of aryl methyl sites for hydroxylation is 2. The van der Waals surface area contributed by atoms with Crippen molar-refractivity contribution >= 4 is 34.8 Å². The minimum Gasteiger partial charge on any atom is -0.339 e. The summed E-state index contributed by atoms with van der Waals surface area (Å²) in [5.41, 5.74) is 2.18. The van der Waals surface area contributed by atoms with Gasteiger partial charge < -0.3 is 9.30 Å². The van der Waals surface area contributed by atoms with Crippen LogP contribution in [-0.4, -0.2) is 33.3 Å². The molecule has 0 N–H and O–H groups in total. The first-order chi connectivity index (χ1) is 16.5.